The van der Waals surface area contributed by atoms with Crippen molar-refractivity contribution in [2.24, 2.45) is 39.4 Å². The third-order valence-electron chi connectivity index (χ3n) is 11.5. The Kier molecular flexibility index (Phi) is 7.47. The monoisotopic (exact) mass is 574 g/mol. The number of ketones is 3. The van der Waals surface area contributed by atoms with Crippen LogP contribution < -0.4 is 0 Å². The van der Waals surface area contributed by atoms with Crippen LogP contribution in [-0.2, 0) is 23.9 Å². The van der Waals surface area contributed by atoms with E-state index in [-0.39, 0.29) is 30.8 Å². The van der Waals surface area contributed by atoms with E-state index in [0.717, 1.165) is 11.6 Å². The summed E-state index contributed by atoms with van der Waals surface area (Å²) in [5.41, 5.74) is -6.45. The minimum atomic E-state index is -2.06. The van der Waals surface area contributed by atoms with Crippen molar-refractivity contribution in [2.75, 3.05) is 6.61 Å². The van der Waals surface area contributed by atoms with Crippen molar-refractivity contribution in [1.29, 1.82) is 0 Å². The summed E-state index contributed by atoms with van der Waals surface area (Å²) >= 11 is 0. The molecule has 9 heteroatoms. The summed E-state index contributed by atoms with van der Waals surface area (Å²) < 4.78 is 5.22. The number of ether oxygens (including phenoxy) is 1. The van der Waals surface area contributed by atoms with Gasteiger partial charge in [-0.1, -0.05) is 25.5 Å². The van der Waals surface area contributed by atoms with Crippen LogP contribution in [0.15, 0.2) is 23.8 Å². The maximum absolute atomic E-state index is 14.4. The second-order valence-corrected chi connectivity index (χ2v) is 14.7. The van der Waals surface area contributed by atoms with Gasteiger partial charge in [-0.05, 0) is 88.7 Å². The molecule has 0 saturated heterocycles. The number of carbonyl (C=O) groups is 4. The summed E-state index contributed by atoms with van der Waals surface area (Å²) in [6.45, 7) is 12.6. The molecule has 0 aromatic carbocycles. The van der Waals surface area contributed by atoms with E-state index < -0.39 is 81.2 Å². The molecule has 0 amide bonds. The van der Waals surface area contributed by atoms with Gasteiger partial charge in [0.2, 0.25) is 0 Å². The van der Waals surface area contributed by atoms with E-state index in [1.54, 1.807) is 27.7 Å². The van der Waals surface area contributed by atoms with Crippen LogP contribution in [0.25, 0.3) is 0 Å². The van der Waals surface area contributed by atoms with E-state index in [4.69, 9.17) is 4.74 Å². The predicted molar refractivity (Wildman–Crippen MR) is 149 cm³/mol. The number of Topliss-reactive ketones (excluding diaryl/α,β-unsaturated/α-hetero) is 2. The van der Waals surface area contributed by atoms with Gasteiger partial charge in [0.05, 0.1) is 18.1 Å². The lowest BCUT2D eigenvalue weighted by Crippen LogP contribution is -2.67. The zero-order valence-electron chi connectivity index (χ0n) is 25.5. The SMILES string of the molecule is CC(=O)OC(C)(C)/C=C/C(=O)[C@@](C)(O)[C@@H]1[C@@H](O)C[C@]2(C)[C@H]3CC=C4[C@H](C[C@@H](O)C(=O)C4(C)C)[C@@]3(CO)C(=O)C[C@@]12C. The summed E-state index contributed by atoms with van der Waals surface area (Å²) in [5.74, 6) is -3.76. The minimum absolute atomic E-state index is 0.0365. The van der Waals surface area contributed by atoms with Gasteiger partial charge in [0.1, 0.15) is 23.1 Å². The zero-order valence-corrected chi connectivity index (χ0v) is 25.5. The van der Waals surface area contributed by atoms with Crippen LogP contribution in [0, 0.1) is 39.4 Å². The third-order valence-corrected chi connectivity index (χ3v) is 11.5. The third kappa shape index (κ3) is 4.33. The fourth-order valence-corrected chi connectivity index (χ4v) is 9.47. The summed E-state index contributed by atoms with van der Waals surface area (Å²) in [6.07, 6.45) is 2.66. The first-order valence-electron chi connectivity index (χ1n) is 14.5. The van der Waals surface area contributed by atoms with Gasteiger partial charge in [0, 0.05) is 24.7 Å². The highest BCUT2D eigenvalue weighted by Gasteiger charge is 2.75. The second kappa shape index (κ2) is 9.66. The topological polar surface area (TPSA) is 158 Å². The lowest BCUT2D eigenvalue weighted by molar-refractivity contribution is -0.192. The average Bonchev–Trinajstić information content (AvgIpc) is 3.05. The molecule has 4 rings (SSSR count). The Hall–Kier alpha value is -2.20. The van der Waals surface area contributed by atoms with Crippen LogP contribution in [-0.4, -0.2) is 73.8 Å². The highest BCUT2D eigenvalue weighted by molar-refractivity contribution is 5.98. The number of rotatable bonds is 6. The van der Waals surface area contributed by atoms with Gasteiger partial charge in [-0.2, -0.15) is 0 Å². The fourth-order valence-electron chi connectivity index (χ4n) is 9.47. The van der Waals surface area contributed by atoms with E-state index in [1.165, 1.54) is 19.9 Å². The summed E-state index contributed by atoms with van der Waals surface area (Å²) in [5, 5.41) is 45.0. The standard InChI is InChI=1S/C32H46O9/c1-17(34)41-27(2,3)12-11-23(37)31(8,40)25-21(36)14-29(6)22-10-9-18-19(13-20(35)26(39)28(18,4)5)32(22,16-33)24(38)15-30(25,29)7/h9,11-12,19-22,25,33,35-36,40H,10,13-16H2,1-8H3/b12-11+/t19-,20+,21-,22+,25+,29+,30-,31+,32+/m0/s1. The highest BCUT2D eigenvalue weighted by atomic mass is 16.6. The van der Waals surface area contributed by atoms with Crippen LogP contribution in [0.5, 0.6) is 0 Å². The predicted octanol–water partition coefficient (Wildman–Crippen LogP) is 2.47. The minimum Gasteiger partial charge on any atom is -0.456 e. The van der Waals surface area contributed by atoms with E-state index in [2.05, 4.69) is 0 Å². The maximum atomic E-state index is 14.4. The number of allylic oxidation sites excluding steroid dienone is 2. The van der Waals surface area contributed by atoms with Crippen LogP contribution in [0.1, 0.15) is 81.1 Å². The van der Waals surface area contributed by atoms with Crippen LogP contribution in [0.3, 0.4) is 0 Å². The molecular weight excluding hydrogens is 528 g/mol. The molecule has 3 saturated carbocycles. The molecule has 0 unspecified atom stereocenters. The number of hydrogen-bond acceptors (Lipinski definition) is 9. The first kappa shape index (κ1) is 31.7. The second-order valence-electron chi connectivity index (χ2n) is 14.7. The Morgan fingerprint density at radius 3 is 2.27 bits per heavy atom. The lowest BCUT2D eigenvalue weighted by atomic mass is 9.38. The van der Waals surface area contributed by atoms with Crippen molar-refractivity contribution in [1.82, 2.24) is 0 Å². The van der Waals surface area contributed by atoms with Crippen LogP contribution >= 0.6 is 0 Å². The Bertz CT molecular complexity index is 1230. The molecule has 41 heavy (non-hydrogen) atoms. The highest BCUT2D eigenvalue weighted by Crippen LogP contribution is 2.74. The smallest absolute Gasteiger partial charge is 0.303 e. The van der Waals surface area contributed by atoms with E-state index in [1.807, 2.05) is 19.9 Å². The number of fused-ring (bicyclic) bond motifs is 5. The van der Waals surface area contributed by atoms with Crippen molar-refractivity contribution < 1.29 is 44.3 Å². The molecule has 9 nitrogen and oxygen atoms in total. The Morgan fingerprint density at radius 2 is 1.71 bits per heavy atom. The van der Waals surface area contributed by atoms with Gasteiger partial charge < -0.3 is 25.2 Å². The molecular formula is C32H46O9. The number of aliphatic hydroxyl groups is 4. The van der Waals surface area contributed by atoms with Gasteiger partial charge in [0.15, 0.2) is 11.6 Å². The van der Waals surface area contributed by atoms with Crippen LogP contribution in [0.2, 0.25) is 0 Å². The first-order valence-corrected chi connectivity index (χ1v) is 14.5. The van der Waals surface area contributed by atoms with Crippen molar-refractivity contribution in [2.45, 2.75) is 104 Å². The lowest BCUT2D eigenvalue weighted by Gasteiger charge is -2.64. The van der Waals surface area contributed by atoms with Gasteiger partial charge in [0.25, 0.3) is 0 Å². The van der Waals surface area contributed by atoms with Gasteiger partial charge in [-0.3, -0.25) is 19.2 Å². The van der Waals surface area contributed by atoms with E-state index in [0.29, 0.717) is 6.42 Å². The first-order chi connectivity index (χ1) is 18.6. The molecule has 0 heterocycles. The van der Waals surface area contributed by atoms with Crippen molar-refractivity contribution in [3.05, 3.63) is 23.8 Å². The quantitative estimate of drug-likeness (QED) is 0.212. The largest absolute Gasteiger partial charge is 0.456 e. The molecule has 4 aliphatic rings. The fraction of sp³-hybridized carbons (Fsp3) is 0.750. The van der Waals surface area contributed by atoms with Crippen LogP contribution in [0.4, 0.5) is 0 Å². The summed E-state index contributed by atoms with van der Waals surface area (Å²) in [4.78, 5) is 52.2. The number of aliphatic hydroxyl groups excluding tert-OH is 3. The van der Waals surface area contributed by atoms with Crippen molar-refractivity contribution in [3.8, 4) is 0 Å². The summed E-state index contributed by atoms with van der Waals surface area (Å²) in [6, 6.07) is 0. The number of carbonyl (C=O) groups excluding carboxylic acids is 4. The van der Waals surface area contributed by atoms with E-state index >= 15 is 0 Å². The Morgan fingerprint density at radius 1 is 1.10 bits per heavy atom. The van der Waals surface area contributed by atoms with E-state index in [9.17, 15) is 39.6 Å². The molecule has 0 spiro atoms. The maximum Gasteiger partial charge on any atom is 0.303 e. The Balaban J connectivity index is 1.78. The molecule has 0 bridgehead atoms. The normalized spacial score (nSPS) is 41.7. The van der Waals surface area contributed by atoms with Gasteiger partial charge in [-0.15, -0.1) is 0 Å². The molecule has 0 aromatic heterocycles. The van der Waals surface area contributed by atoms with Gasteiger partial charge in [-0.25, -0.2) is 0 Å². The summed E-state index contributed by atoms with van der Waals surface area (Å²) in [7, 11) is 0. The Labute approximate surface area is 242 Å². The van der Waals surface area contributed by atoms with Crippen molar-refractivity contribution >= 4 is 23.3 Å². The molecule has 0 aromatic rings. The molecule has 4 aliphatic carbocycles. The molecule has 0 radical (unpaired) electrons. The van der Waals surface area contributed by atoms with Gasteiger partial charge >= 0.3 is 5.97 Å². The van der Waals surface area contributed by atoms with Crippen molar-refractivity contribution in [3.63, 3.8) is 0 Å². The number of hydrogen-bond donors (Lipinski definition) is 4. The zero-order chi connectivity index (χ0) is 31.1. The molecule has 0 aliphatic heterocycles. The molecule has 3 fully saturated rings. The molecule has 9 atom stereocenters. The molecule has 4 N–H and O–H groups in total. The molecule has 228 valence electrons. The number of esters is 1. The average molecular weight is 575 g/mol.